The van der Waals surface area contributed by atoms with Gasteiger partial charge in [0.15, 0.2) is 9.84 Å². The third-order valence-electron chi connectivity index (χ3n) is 12.6. The van der Waals surface area contributed by atoms with Crippen molar-refractivity contribution in [3.63, 3.8) is 0 Å². The number of likely N-dealkylation sites (tertiary alicyclic amines) is 2. The number of piperidine rings is 1. The number of hydrogen-bond donors (Lipinski definition) is 0. The minimum absolute atomic E-state index is 0.147. The SMILES string of the molecule is COC(=O)C[C@H]1CCC[C@@H]1[C@](CN(C)C)(c1cccc(F)c1)C1CCN(CC2CN(c3ccc(S(=O)(=O)C4CN(C(=O)/C=C/CN(C)C)C4)cc3)C2)CC1. The maximum atomic E-state index is 14.9. The molecule has 2 aromatic carbocycles. The molecule has 1 aliphatic carbocycles. The molecule has 0 bridgehead atoms. The number of amides is 1. The van der Waals surface area contributed by atoms with Crippen LogP contribution in [0.5, 0.6) is 0 Å². The van der Waals surface area contributed by atoms with Crippen LogP contribution in [-0.2, 0) is 29.6 Å². The van der Waals surface area contributed by atoms with Crippen molar-refractivity contribution in [2.45, 2.75) is 54.1 Å². The highest BCUT2D eigenvalue weighted by molar-refractivity contribution is 7.92. The maximum Gasteiger partial charge on any atom is 0.305 e. The summed E-state index contributed by atoms with van der Waals surface area (Å²) in [4.78, 5) is 35.9. The van der Waals surface area contributed by atoms with Crippen molar-refractivity contribution < 1.29 is 27.1 Å². The Morgan fingerprint density at radius 3 is 2.28 bits per heavy atom. The summed E-state index contributed by atoms with van der Waals surface area (Å²) in [6.07, 6.45) is 8.89. The van der Waals surface area contributed by atoms with Gasteiger partial charge in [-0.3, -0.25) is 9.59 Å². The number of benzene rings is 2. The third-order valence-corrected chi connectivity index (χ3v) is 14.7. The van der Waals surface area contributed by atoms with E-state index in [1.54, 1.807) is 29.2 Å². The largest absolute Gasteiger partial charge is 0.469 e. The third kappa shape index (κ3) is 8.87. The summed E-state index contributed by atoms with van der Waals surface area (Å²) in [5.41, 5.74) is 1.83. The van der Waals surface area contributed by atoms with Gasteiger partial charge < -0.3 is 29.2 Å². The zero-order valence-electron chi connectivity index (χ0n) is 32.8. The summed E-state index contributed by atoms with van der Waals surface area (Å²) in [6.45, 7) is 6.77. The summed E-state index contributed by atoms with van der Waals surface area (Å²) < 4.78 is 46.6. The smallest absolute Gasteiger partial charge is 0.305 e. The van der Waals surface area contributed by atoms with Gasteiger partial charge in [-0.05, 0) is 127 Å². The van der Waals surface area contributed by atoms with Crippen LogP contribution in [0.3, 0.4) is 0 Å². The molecule has 3 heterocycles. The first-order valence-electron chi connectivity index (χ1n) is 19.7. The highest BCUT2D eigenvalue weighted by Gasteiger charge is 2.52. The summed E-state index contributed by atoms with van der Waals surface area (Å²) in [6, 6.07) is 14.5. The Labute approximate surface area is 322 Å². The van der Waals surface area contributed by atoms with Crippen molar-refractivity contribution in [2.75, 3.05) is 99.1 Å². The molecule has 0 unspecified atom stereocenters. The molecule has 1 saturated carbocycles. The van der Waals surface area contributed by atoms with Crippen LogP contribution in [0.4, 0.5) is 10.1 Å². The molecule has 10 nitrogen and oxygen atoms in total. The lowest BCUT2D eigenvalue weighted by Gasteiger charge is -2.52. The molecule has 0 radical (unpaired) electrons. The Bertz CT molecular complexity index is 1730. The Balaban J connectivity index is 1.04. The van der Waals surface area contributed by atoms with E-state index in [1.165, 1.54) is 19.3 Å². The number of carbonyl (C=O) groups is 2. The van der Waals surface area contributed by atoms with Crippen LogP contribution in [-0.4, -0.2) is 139 Å². The van der Waals surface area contributed by atoms with Crippen molar-refractivity contribution in [1.82, 2.24) is 19.6 Å². The Morgan fingerprint density at radius 1 is 0.944 bits per heavy atom. The van der Waals surface area contributed by atoms with E-state index in [-0.39, 0.29) is 48.0 Å². The minimum Gasteiger partial charge on any atom is -0.469 e. The molecule has 54 heavy (non-hydrogen) atoms. The highest BCUT2D eigenvalue weighted by atomic mass is 32.2. The molecule has 0 aromatic heterocycles. The average Bonchev–Trinajstić information content (AvgIpc) is 3.56. The van der Waals surface area contributed by atoms with E-state index in [2.05, 4.69) is 34.9 Å². The predicted octanol–water partition coefficient (Wildman–Crippen LogP) is 4.56. The monoisotopic (exact) mass is 765 g/mol. The number of sulfone groups is 1. The van der Waals surface area contributed by atoms with Crippen LogP contribution in [0.15, 0.2) is 65.6 Å². The van der Waals surface area contributed by atoms with Gasteiger partial charge in [-0.25, -0.2) is 12.8 Å². The molecular weight excluding hydrogens is 706 g/mol. The maximum absolute atomic E-state index is 14.9. The first kappa shape index (κ1) is 40.3. The number of halogens is 1. The molecule has 4 aliphatic rings. The van der Waals surface area contributed by atoms with E-state index in [1.807, 2.05) is 37.2 Å². The predicted molar refractivity (Wildman–Crippen MR) is 211 cm³/mol. The lowest BCUT2D eigenvalue weighted by atomic mass is 9.56. The van der Waals surface area contributed by atoms with Gasteiger partial charge in [0.25, 0.3) is 0 Å². The van der Waals surface area contributed by atoms with Crippen LogP contribution < -0.4 is 4.90 Å². The van der Waals surface area contributed by atoms with E-state index in [0.29, 0.717) is 29.7 Å². The fraction of sp³-hybridized carbons (Fsp3) is 0.619. The number of ether oxygens (including phenoxy) is 1. The summed E-state index contributed by atoms with van der Waals surface area (Å²) >= 11 is 0. The zero-order valence-corrected chi connectivity index (χ0v) is 33.6. The van der Waals surface area contributed by atoms with Crippen molar-refractivity contribution >= 4 is 27.4 Å². The second-order valence-corrected chi connectivity index (χ2v) is 19.0. The molecule has 12 heteroatoms. The molecule has 2 aromatic rings. The molecule has 1 amide bonds. The molecule has 6 rings (SSSR count). The van der Waals surface area contributed by atoms with Gasteiger partial charge in [0.1, 0.15) is 11.1 Å². The minimum atomic E-state index is -3.51. The van der Waals surface area contributed by atoms with Gasteiger partial charge in [0.05, 0.1) is 12.0 Å². The van der Waals surface area contributed by atoms with Gasteiger partial charge in [0.2, 0.25) is 5.91 Å². The van der Waals surface area contributed by atoms with Gasteiger partial charge in [-0.1, -0.05) is 24.6 Å². The van der Waals surface area contributed by atoms with Crippen molar-refractivity contribution in [3.8, 4) is 0 Å². The molecule has 0 N–H and O–H groups in total. The Kier molecular flexibility index (Phi) is 12.9. The van der Waals surface area contributed by atoms with Gasteiger partial charge in [-0.2, -0.15) is 0 Å². The standard InChI is InChI=1S/C42H60FN5O5S/c1-44(2)20-8-13-40(49)48-28-38(29-48)54(51,52)37-16-14-36(15-17-37)47-26-31(27-47)25-46-21-18-33(19-22-46)42(30-45(3)4,34-10-7-11-35(43)24-34)39-12-6-9-32(39)23-41(50)53-5/h7-8,10-11,13-17,24,31-33,38-39H,6,9,12,18-23,25-30H2,1-5H3/b13-8+/t32-,39+,42+/m1/s1. The van der Waals surface area contributed by atoms with Crippen LogP contribution in [0.2, 0.25) is 0 Å². The lowest BCUT2D eigenvalue weighted by Crippen LogP contribution is -2.56. The molecule has 3 atom stereocenters. The Morgan fingerprint density at radius 2 is 1.65 bits per heavy atom. The lowest BCUT2D eigenvalue weighted by molar-refractivity contribution is -0.142. The van der Waals surface area contributed by atoms with E-state index in [0.717, 1.165) is 82.6 Å². The summed E-state index contributed by atoms with van der Waals surface area (Å²) in [7, 11) is 6.03. The fourth-order valence-electron chi connectivity index (χ4n) is 9.86. The number of rotatable bonds is 15. The molecule has 4 fully saturated rings. The number of anilines is 1. The van der Waals surface area contributed by atoms with Crippen molar-refractivity contribution in [3.05, 3.63) is 72.1 Å². The fourth-order valence-corrected chi connectivity index (χ4v) is 11.5. The zero-order chi connectivity index (χ0) is 38.6. The number of hydrogen-bond acceptors (Lipinski definition) is 9. The van der Waals surface area contributed by atoms with Gasteiger partial charge in [0, 0.05) is 75.3 Å². The van der Waals surface area contributed by atoms with Crippen molar-refractivity contribution in [1.29, 1.82) is 0 Å². The van der Waals surface area contributed by atoms with Crippen LogP contribution >= 0.6 is 0 Å². The molecule has 0 spiro atoms. The highest BCUT2D eigenvalue weighted by Crippen LogP contribution is 2.54. The number of esters is 1. The Hall–Kier alpha value is -3.32. The van der Waals surface area contributed by atoms with E-state index >= 15 is 0 Å². The average molecular weight is 766 g/mol. The molecule has 3 aliphatic heterocycles. The van der Waals surface area contributed by atoms with E-state index in [9.17, 15) is 22.4 Å². The number of carbonyl (C=O) groups excluding carboxylic acids is 2. The first-order chi connectivity index (χ1) is 25.8. The van der Waals surface area contributed by atoms with Crippen molar-refractivity contribution in [2.24, 2.45) is 23.7 Å². The number of nitrogens with zero attached hydrogens (tertiary/aromatic N) is 5. The van der Waals surface area contributed by atoms with Gasteiger partial charge in [-0.15, -0.1) is 0 Å². The molecular formula is C42H60FN5O5S. The topological polar surface area (TPSA) is 93.7 Å². The second kappa shape index (κ2) is 17.2. The van der Waals surface area contributed by atoms with E-state index < -0.39 is 15.1 Å². The normalized spacial score (nSPS) is 23.2. The first-order valence-corrected chi connectivity index (χ1v) is 21.2. The summed E-state index contributed by atoms with van der Waals surface area (Å²) in [5.74, 6) is 0.872. The van der Waals surface area contributed by atoms with Crippen LogP contribution in [0.25, 0.3) is 0 Å². The van der Waals surface area contributed by atoms with E-state index in [4.69, 9.17) is 4.74 Å². The number of methoxy groups -OCH3 is 1. The second-order valence-electron chi connectivity index (χ2n) is 16.8. The quantitative estimate of drug-likeness (QED) is 0.191. The van der Waals surface area contributed by atoms with Crippen LogP contribution in [0.1, 0.15) is 44.1 Å². The molecule has 3 saturated heterocycles. The summed E-state index contributed by atoms with van der Waals surface area (Å²) in [5, 5.41) is -0.576. The number of likely N-dealkylation sites (N-methyl/N-ethyl adjacent to an activating group) is 2. The van der Waals surface area contributed by atoms with Gasteiger partial charge >= 0.3 is 5.97 Å². The van der Waals surface area contributed by atoms with Crippen LogP contribution in [0, 0.1) is 29.5 Å². The molecule has 296 valence electrons.